The van der Waals surface area contributed by atoms with Crippen molar-refractivity contribution in [2.75, 3.05) is 42.6 Å². The molecule has 4 aromatic rings. The molecule has 3 fully saturated rings. The Kier molecular flexibility index (Phi) is 11.1. The molecule has 9 nitrogen and oxygen atoms in total. The lowest BCUT2D eigenvalue weighted by molar-refractivity contribution is -0.119. The summed E-state index contributed by atoms with van der Waals surface area (Å²) in [7, 11) is -5.77. The van der Waals surface area contributed by atoms with Gasteiger partial charge in [0.25, 0.3) is 0 Å². The number of anilines is 2. The molecule has 0 radical (unpaired) electrons. The minimum Gasteiger partial charge on any atom is -0.478 e. The average Bonchev–Trinajstić information content (AvgIpc) is 4.10. The molecule has 0 bridgehead atoms. The first-order chi connectivity index (χ1) is 26.6. The molecule has 296 valence electrons. The molecule has 1 heterocycles. The number of rotatable bonds is 13. The number of amides is 1. The van der Waals surface area contributed by atoms with Gasteiger partial charge in [-0.25, -0.2) is 39.6 Å². The van der Waals surface area contributed by atoms with E-state index in [-0.39, 0.29) is 51.6 Å². The van der Waals surface area contributed by atoms with E-state index in [1.807, 2.05) is 12.1 Å². The second kappa shape index (κ2) is 15.7. The summed E-state index contributed by atoms with van der Waals surface area (Å²) >= 11 is 6.21. The van der Waals surface area contributed by atoms with Gasteiger partial charge in [-0.2, -0.15) is 4.31 Å². The number of ether oxygens (including phenoxy) is 1. The van der Waals surface area contributed by atoms with E-state index in [9.17, 15) is 40.7 Å². The molecule has 7 rings (SSSR count). The lowest BCUT2D eigenvalue weighted by Gasteiger charge is -2.35. The van der Waals surface area contributed by atoms with E-state index in [1.165, 1.54) is 23.1 Å². The monoisotopic (exact) mass is 821 g/mol. The van der Waals surface area contributed by atoms with Crippen LogP contribution in [0.3, 0.4) is 0 Å². The summed E-state index contributed by atoms with van der Waals surface area (Å²) in [6, 6.07) is 12.8. The quantitative estimate of drug-likeness (QED) is 0.0831. The highest BCUT2D eigenvalue weighted by molar-refractivity contribution is 7.89. The number of benzene rings is 4. The Balaban J connectivity index is 1.37. The molecule has 1 N–H and O–H groups in total. The molecule has 17 heteroatoms. The molecule has 1 saturated heterocycles. The van der Waals surface area contributed by atoms with Crippen molar-refractivity contribution in [1.29, 1.82) is 0 Å². The zero-order valence-electron chi connectivity index (χ0n) is 29.5. The summed E-state index contributed by atoms with van der Waals surface area (Å²) in [6.45, 7) is -1.25. The number of sulfonamides is 1. The molecular weight excluding hydrogens is 788 g/mol. The predicted molar refractivity (Wildman–Crippen MR) is 193 cm³/mol. The van der Waals surface area contributed by atoms with Gasteiger partial charge in [0.05, 0.1) is 43.2 Å². The van der Waals surface area contributed by atoms with Gasteiger partial charge in [-0.3, -0.25) is 4.79 Å². The third kappa shape index (κ3) is 8.10. The van der Waals surface area contributed by atoms with Crippen molar-refractivity contribution in [3.8, 4) is 0 Å². The van der Waals surface area contributed by atoms with E-state index in [2.05, 4.69) is 6.07 Å². The van der Waals surface area contributed by atoms with Gasteiger partial charge in [0.15, 0.2) is 28.2 Å². The number of hydrogen-bond acceptors (Lipinski definition) is 6. The number of hydrogen-bond donors (Lipinski definition) is 1. The summed E-state index contributed by atoms with van der Waals surface area (Å²) < 4.78 is 121. The molecule has 0 aromatic heterocycles. The first-order valence-corrected chi connectivity index (χ1v) is 19.6. The van der Waals surface area contributed by atoms with E-state index in [4.69, 9.17) is 16.3 Å². The number of aromatic carboxylic acids is 1. The summed E-state index contributed by atoms with van der Waals surface area (Å²) in [4.78, 5) is 27.7. The minimum atomic E-state index is -5.77. The van der Waals surface area contributed by atoms with Crippen LogP contribution >= 0.6 is 11.6 Å². The number of halogens is 7. The van der Waals surface area contributed by atoms with Crippen LogP contribution < -0.4 is 9.80 Å². The van der Waals surface area contributed by atoms with Crippen molar-refractivity contribution in [2.45, 2.75) is 55.5 Å². The highest BCUT2D eigenvalue weighted by atomic mass is 35.5. The Morgan fingerprint density at radius 3 is 1.93 bits per heavy atom. The van der Waals surface area contributed by atoms with E-state index in [1.54, 1.807) is 4.90 Å². The molecule has 0 unspecified atom stereocenters. The molecular formula is C39H34ClF6N3O6S. The Morgan fingerprint density at radius 2 is 1.38 bits per heavy atom. The number of nitrogens with zero attached hydrogens (tertiary/aromatic N) is 3. The zero-order valence-corrected chi connectivity index (χ0v) is 31.1. The second-order valence-electron chi connectivity index (χ2n) is 14.1. The number of carbonyl (C=O) groups is 2. The zero-order chi connectivity index (χ0) is 40.1. The van der Waals surface area contributed by atoms with Crippen molar-refractivity contribution < 1.29 is 54.2 Å². The van der Waals surface area contributed by atoms with Crippen LogP contribution in [0, 0.1) is 34.9 Å². The predicted octanol–water partition coefficient (Wildman–Crippen LogP) is 7.89. The lowest BCUT2D eigenvalue weighted by Crippen LogP contribution is -2.44. The molecule has 4 aromatic carbocycles. The average molecular weight is 822 g/mol. The van der Waals surface area contributed by atoms with Gasteiger partial charge in [-0.15, -0.1) is 0 Å². The van der Waals surface area contributed by atoms with Gasteiger partial charge < -0.3 is 19.6 Å². The van der Waals surface area contributed by atoms with Crippen LogP contribution in [0.5, 0.6) is 0 Å². The first-order valence-electron chi connectivity index (χ1n) is 17.7. The molecule has 56 heavy (non-hydrogen) atoms. The Morgan fingerprint density at radius 1 is 0.786 bits per heavy atom. The van der Waals surface area contributed by atoms with Crippen molar-refractivity contribution in [1.82, 2.24) is 4.31 Å². The molecule has 3 aliphatic rings. The van der Waals surface area contributed by atoms with E-state index in [0.717, 1.165) is 55.0 Å². The van der Waals surface area contributed by atoms with E-state index in [0.29, 0.717) is 30.5 Å². The van der Waals surface area contributed by atoms with Gasteiger partial charge in [0, 0.05) is 24.7 Å². The maximum Gasteiger partial charge on any atom is 0.335 e. The Labute approximate surface area is 323 Å². The molecule has 1 amide bonds. The van der Waals surface area contributed by atoms with Crippen LogP contribution in [-0.4, -0.2) is 62.6 Å². The van der Waals surface area contributed by atoms with Crippen molar-refractivity contribution in [3.05, 3.63) is 122 Å². The summed E-state index contributed by atoms with van der Waals surface area (Å²) in [5.74, 6) is -15.4. The van der Waals surface area contributed by atoms with E-state index >= 15 is 8.78 Å². The lowest BCUT2D eigenvalue weighted by atomic mass is 9.99. The molecule has 1 aliphatic heterocycles. The highest BCUT2D eigenvalue weighted by Gasteiger charge is 2.39. The maximum atomic E-state index is 15.2. The molecule has 2 saturated carbocycles. The summed E-state index contributed by atoms with van der Waals surface area (Å²) in [5.41, 5.74) is 2.95. The fourth-order valence-corrected chi connectivity index (χ4v) is 8.52. The van der Waals surface area contributed by atoms with Crippen molar-refractivity contribution in [3.63, 3.8) is 0 Å². The first kappa shape index (κ1) is 39.6. The van der Waals surface area contributed by atoms with Gasteiger partial charge in [0.1, 0.15) is 5.82 Å². The Hall–Kier alpha value is -4.64. The van der Waals surface area contributed by atoms with Crippen LogP contribution in [0.4, 0.5) is 37.7 Å². The third-order valence-corrected chi connectivity index (χ3v) is 12.2. The minimum absolute atomic E-state index is 0.115. The fraction of sp³-hybridized carbons (Fsp3) is 0.333. The second-order valence-corrected chi connectivity index (χ2v) is 16.3. The number of carboxylic acid groups (broad SMARTS) is 1. The molecule has 0 spiro atoms. The highest BCUT2D eigenvalue weighted by Crippen LogP contribution is 2.46. The van der Waals surface area contributed by atoms with Crippen LogP contribution in [0.2, 0.25) is 5.02 Å². The van der Waals surface area contributed by atoms with Gasteiger partial charge >= 0.3 is 5.97 Å². The SMILES string of the molecule is O=C(O)c1ccc(N(Cc2cc(C3CC3)cc(C3CC3)c2)C(=O)CN(Cc2ccc(F)cc2Cl)S(=O)(=O)c2c(F)c(F)c(F)c(F)c2F)c(N2CCOCC2)c1. The van der Waals surface area contributed by atoms with Crippen molar-refractivity contribution >= 4 is 44.9 Å². The van der Waals surface area contributed by atoms with Gasteiger partial charge in [-0.1, -0.05) is 35.9 Å². The largest absolute Gasteiger partial charge is 0.478 e. The normalized spacial score (nSPS) is 16.0. The topological polar surface area (TPSA) is 107 Å². The summed E-state index contributed by atoms with van der Waals surface area (Å²) in [5, 5.41) is 9.53. The smallest absolute Gasteiger partial charge is 0.335 e. The Bertz CT molecular complexity index is 2280. The number of morpholine rings is 1. The van der Waals surface area contributed by atoms with Crippen LogP contribution in [-0.2, 0) is 32.6 Å². The number of carbonyl (C=O) groups excluding carboxylic acids is 1. The third-order valence-electron chi connectivity index (χ3n) is 10.1. The van der Waals surface area contributed by atoms with Crippen molar-refractivity contribution in [2.24, 2.45) is 0 Å². The summed E-state index contributed by atoms with van der Waals surface area (Å²) in [6.07, 6.45) is 3.91. The number of carboxylic acids is 1. The maximum absolute atomic E-state index is 15.2. The van der Waals surface area contributed by atoms with Crippen LogP contribution in [0.1, 0.15) is 70.1 Å². The molecule has 0 atom stereocenters. The van der Waals surface area contributed by atoms with Gasteiger partial charge in [-0.05, 0) is 90.1 Å². The standard InChI is InChI=1S/C39H34ClF6N3O6S/c40-29-17-28(41)7-5-25(29)19-48(56(53,54)38-36(45)34(43)33(42)35(44)37(38)46)20-32(50)49(18-21-13-26(22-1-2-22)15-27(14-21)23-3-4-23)30-8-6-24(39(51)52)16-31(30)47-9-11-55-12-10-47/h5-8,13-17,22-23H,1-4,9-12,18-20H2,(H,51,52). The van der Waals surface area contributed by atoms with E-state index < -0.39 is 74.8 Å². The van der Waals surface area contributed by atoms with Crippen LogP contribution in [0.15, 0.2) is 59.5 Å². The van der Waals surface area contributed by atoms with Gasteiger partial charge in [0.2, 0.25) is 21.7 Å². The van der Waals surface area contributed by atoms with Crippen LogP contribution in [0.25, 0.3) is 0 Å². The fourth-order valence-electron chi connectivity index (χ4n) is 6.82. The molecule has 2 aliphatic carbocycles.